The van der Waals surface area contributed by atoms with Crippen LogP contribution >= 0.6 is 0 Å². The fourth-order valence-corrected chi connectivity index (χ4v) is 1.77. The van der Waals surface area contributed by atoms with Gasteiger partial charge in [-0.3, -0.25) is 9.59 Å². The Labute approximate surface area is 103 Å². The number of aromatic nitrogens is 1. The molecule has 0 saturated carbocycles. The molecule has 0 aliphatic heterocycles. The molecule has 1 aromatic heterocycles. The second kappa shape index (κ2) is 4.40. The molecule has 0 atom stereocenters. The maximum absolute atomic E-state index is 11.6. The lowest BCUT2D eigenvalue weighted by atomic mass is 10.1. The van der Waals surface area contributed by atoms with Gasteiger partial charge in [-0.1, -0.05) is 0 Å². The van der Waals surface area contributed by atoms with E-state index in [1.54, 1.807) is 12.1 Å². The van der Waals surface area contributed by atoms with Crippen LogP contribution in [0.4, 0.5) is 0 Å². The number of rotatable bonds is 4. The molecule has 0 saturated heterocycles. The highest BCUT2D eigenvalue weighted by atomic mass is 16.5. The van der Waals surface area contributed by atoms with E-state index < -0.39 is 11.7 Å². The third kappa shape index (κ3) is 1.77. The average Bonchev–Trinajstić information content (AvgIpc) is 2.78. The predicted molar refractivity (Wildman–Crippen MR) is 64.9 cm³/mol. The third-order valence-electron chi connectivity index (χ3n) is 2.65. The molecule has 6 heteroatoms. The molecule has 1 amide bonds. The fourth-order valence-electron chi connectivity index (χ4n) is 1.77. The minimum Gasteiger partial charge on any atom is -0.493 e. The monoisotopic (exact) mass is 248 g/mol. The van der Waals surface area contributed by atoms with Gasteiger partial charge in [-0.15, -0.1) is 0 Å². The van der Waals surface area contributed by atoms with Gasteiger partial charge in [0.15, 0.2) is 11.5 Å². The highest BCUT2D eigenvalue weighted by molar-refractivity contribution is 6.44. The van der Waals surface area contributed by atoms with E-state index in [1.165, 1.54) is 20.4 Å². The highest BCUT2D eigenvalue weighted by Gasteiger charge is 2.18. The number of benzene rings is 1. The molecule has 18 heavy (non-hydrogen) atoms. The van der Waals surface area contributed by atoms with Crippen molar-refractivity contribution in [1.82, 2.24) is 4.98 Å². The Kier molecular flexibility index (Phi) is 2.93. The van der Waals surface area contributed by atoms with E-state index in [1.807, 2.05) is 0 Å². The number of aromatic amines is 1. The number of amides is 1. The SMILES string of the molecule is COc1cc2[nH]cc(C(=O)C(N)=O)c2cc1OC. The molecule has 6 nitrogen and oxygen atoms in total. The van der Waals surface area contributed by atoms with Crippen LogP contribution in [0.1, 0.15) is 10.4 Å². The first-order chi connectivity index (χ1) is 8.58. The van der Waals surface area contributed by atoms with Crippen molar-refractivity contribution < 1.29 is 19.1 Å². The lowest BCUT2D eigenvalue weighted by molar-refractivity contribution is -0.114. The van der Waals surface area contributed by atoms with E-state index in [2.05, 4.69) is 4.98 Å². The number of ketones is 1. The summed E-state index contributed by atoms with van der Waals surface area (Å²) in [4.78, 5) is 25.4. The zero-order valence-electron chi connectivity index (χ0n) is 9.94. The molecule has 0 fully saturated rings. The van der Waals surface area contributed by atoms with Crippen molar-refractivity contribution in [2.45, 2.75) is 0 Å². The summed E-state index contributed by atoms with van der Waals surface area (Å²) in [5.74, 6) is -0.729. The van der Waals surface area contributed by atoms with Crippen LogP contribution in [0.15, 0.2) is 18.3 Å². The Morgan fingerprint density at radius 1 is 1.17 bits per heavy atom. The first-order valence-corrected chi connectivity index (χ1v) is 5.15. The van der Waals surface area contributed by atoms with Gasteiger partial charge in [-0.05, 0) is 6.07 Å². The molecule has 1 heterocycles. The number of ether oxygens (including phenoxy) is 2. The number of Topliss-reactive ketones (excluding diaryl/α,β-unsaturated/α-hetero) is 1. The maximum atomic E-state index is 11.6. The van der Waals surface area contributed by atoms with Crippen molar-refractivity contribution in [2.24, 2.45) is 5.73 Å². The molecular formula is C12H12N2O4. The second-order valence-corrected chi connectivity index (χ2v) is 3.65. The normalized spacial score (nSPS) is 10.3. The minimum atomic E-state index is -0.995. The molecule has 0 aliphatic rings. The van der Waals surface area contributed by atoms with Crippen LogP contribution in [0.5, 0.6) is 11.5 Å². The van der Waals surface area contributed by atoms with Crippen molar-refractivity contribution in [3.63, 3.8) is 0 Å². The van der Waals surface area contributed by atoms with Gasteiger partial charge in [0.25, 0.3) is 11.7 Å². The van der Waals surface area contributed by atoms with Gasteiger partial charge in [0.2, 0.25) is 0 Å². The van der Waals surface area contributed by atoms with Crippen LogP contribution in [0.3, 0.4) is 0 Å². The third-order valence-corrected chi connectivity index (χ3v) is 2.65. The first kappa shape index (κ1) is 12.0. The molecule has 0 aliphatic carbocycles. The summed E-state index contributed by atoms with van der Waals surface area (Å²) in [6.45, 7) is 0. The fraction of sp³-hybridized carbons (Fsp3) is 0.167. The molecule has 0 unspecified atom stereocenters. The number of H-pyrrole nitrogens is 1. The van der Waals surface area contributed by atoms with Crippen LogP contribution in [-0.2, 0) is 4.79 Å². The van der Waals surface area contributed by atoms with Crippen LogP contribution in [-0.4, -0.2) is 30.9 Å². The molecule has 2 aromatic rings. The molecule has 0 bridgehead atoms. The van der Waals surface area contributed by atoms with Crippen molar-refractivity contribution in [2.75, 3.05) is 14.2 Å². The average molecular weight is 248 g/mol. The number of carbonyl (C=O) groups is 2. The van der Waals surface area contributed by atoms with Crippen LogP contribution < -0.4 is 15.2 Å². The number of nitrogens with two attached hydrogens (primary N) is 1. The minimum absolute atomic E-state index is 0.221. The number of hydrogen-bond acceptors (Lipinski definition) is 4. The van der Waals surface area contributed by atoms with Crippen molar-refractivity contribution in [3.8, 4) is 11.5 Å². The molecule has 0 radical (unpaired) electrons. The number of nitrogens with one attached hydrogen (secondary N) is 1. The van der Waals surface area contributed by atoms with Gasteiger partial charge < -0.3 is 20.2 Å². The van der Waals surface area contributed by atoms with Gasteiger partial charge >= 0.3 is 0 Å². The summed E-state index contributed by atoms with van der Waals surface area (Å²) in [5, 5.41) is 0.566. The zero-order valence-corrected chi connectivity index (χ0v) is 9.94. The highest BCUT2D eigenvalue weighted by Crippen LogP contribution is 2.33. The molecule has 0 spiro atoms. The number of primary amides is 1. The molecule has 2 rings (SSSR count). The van der Waals surface area contributed by atoms with Crippen LogP contribution in [0.2, 0.25) is 0 Å². The molecule has 1 aromatic carbocycles. The summed E-state index contributed by atoms with van der Waals surface area (Å²) in [6.07, 6.45) is 1.44. The van der Waals surface area contributed by atoms with Crippen molar-refractivity contribution in [1.29, 1.82) is 0 Å². The topological polar surface area (TPSA) is 94.4 Å². The van der Waals surface area contributed by atoms with Crippen molar-refractivity contribution in [3.05, 3.63) is 23.9 Å². The van der Waals surface area contributed by atoms with E-state index in [4.69, 9.17) is 15.2 Å². The largest absolute Gasteiger partial charge is 0.493 e. The van der Waals surface area contributed by atoms with E-state index in [9.17, 15) is 9.59 Å². The van der Waals surface area contributed by atoms with Gasteiger partial charge in [0.05, 0.1) is 25.3 Å². The summed E-state index contributed by atoms with van der Waals surface area (Å²) < 4.78 is 10.3. The number of carbonyl (C=O) groups excluding carboxylic acids is 2. The van der Waals surface area contributed by atoms with Crippen LogP contribution in [0.25, 0.3) is 10.9 Å². The van der Waals surface area contributed by atoms with Gasteiger partial charge in [-0.25, -0.2) is 0 Å². The molecular weight excluding hydrogens is 236 g/mol. The maximum Gasteiger partial charge on any atom is 0.289 e. The van der Waals surface area contributed by atoms with E-state index in [0.29, 0.717) is 22.4 Å². The van der Waals surface area contributed by atoms with Gasteiger partial charge in [-0.2, -0.15) is 0 Å². The van der Waals surface area contributed by atoms with E-state index in [-0.39, 0.29) is 5.56 Å². The smallest absolute Gasteiger partial charge is 0.289 e. The zero-order chi connectivity index (χ0) is 13.3. The summed E-state index contributed by atoms with van der Waals surface area (Å²) in [7, 11) is 3.01. The Balaban J connectivity index is 2.66. The van der Waals surface area contributed by atoms with Crippen molar-refractivity contribution >= 4 is 22.6 Å². The quantitative estimate of drug-likeness (QED) is 0.619. The summed E-state index contributed by atoms with van der Waals surface area (Å²) >= 11 is 0. The predicted octanol–water partition coefficient (Wildman–Crippen LogP) is 0.853. The summed E-state index contributed by atoms with van der Waals surface area (Å²) in [6, 6.07) is 3.31. The first-order valence-electron chi connectivity index (χ1n) is 5.15. The Morgan fingerprint density at radius 3 is 2.33 bits per heavy atom. The number of hydrogen-bond donors (Lipinski definition) is 2. The molecule has 94 valence electrons. The number of fused-ring (bicyclic) bond motifs is 1. The van der Waals surface area contributed by atoms with E-state index in [0.717, 1.165) is 0 Å². The van der Waals surface area contributed by atoms with E-state index >= 15 is 0 Å². The number of methoxy groups -OCH3 is 2. The lowest BCUT2D eigenvalue weighted by Crippen LogP contribution is -2.22. The Hall–Kier alpha value is -2.50. The molecule has 3 N–H and O–H groups in total. The lowest BCUT2D eigenvalue weighted by Gasteiger charge is -2.07. The van der Waals surface area contributed by atoms with Gasteiger partial charge in [0, 0.05) is 17.6 Å². The van der Waals surface area contributed by atoms with Crippen LogP contribution in [0, 0.1) is 0 Å². The van der Waals surface area contributed by atoms with Gasteiger partial charge in [0.1, 0.15) is 0 Å². The Morgan fingerprint density at radius 2 is 1.78 bits per heavy atom. The standard InChI is InChI=1S/C12H12N2O4/c1-17-9-3-6-7(11(15)12(13)16)5-14-8(6)4-10(9)18-2/h3-5,14H,1-2H3,(H2,13,16). The summed E-state index contributed by atoms with van der Waals surface area (Å²) in [5.41, 5.74) is 5.87. The second-order valence-electron chi connectivity index (χ2n) is 3.65. The Bertz CT molecular complexity index is 630.